The second-order valence-corrected chi connectivity index (χ2v) is 12.4. The summed E-state index contributed by atoms with van der Waals surface area (Å²) in [5.41, 5.74) is 8.46. The Morgan fingerprint density at radius 3 is 2.11 bits per heavy atom. The van der Waals surface area contributed by atoms with E-state index >= 15 is 0 Å². The van der Waals surface area contributed by atoms with E-state index < -0.39 is 0 Å². The van der Waals surface area contributed by atoms with Crippen LogP contribution in [0.5, 0.6) is 0 Å². The molecule has 4 nitrogen and oxygen atoms in total. The molecule has 0 unspecified atom stereocenters. The van der Waals surface area contributed by atoms with Gasteiger partial charge in [0.2, 0.25) is 0 Å². The summed E-state index contributed by atoms with van der Waals surface area (Å²) in [6.45, 7) is 0. The molecule has 5 heteroatoms. The van der Waals surface area contributed by atoms with Crippen LogP contribution in [-0.4, -0.2) is 14.5 Å². The van der Waals surface area contributed by atoms with E-state index in [0.29, 0.717) is 11.4 Å². The zero-order valence-electron chi connectivity index (χ0n) is 23.9. The molecule has 0 amide bonds. The molecule has 45 heavy (non-hydrogen) atoms. The van der Waals surface area contributed by atoms with E-state index in [0.717, 1.165) is 39.0 Å². The van der Waals surface area contributed by atoms with Crippen LogP contribution in [0.3, 0.4) is 0 Å². The van der Waals surface area contributed by atoms with Crippen molar-refractivity contribution in [1.82, 2.24) is 14.5 Å². The summed E-state index contributed by atoms with van der Waals surface area (Å²) in [7, 11) is 0. The molecule has 4 heterocycles. The highest BCUT2D eigenvalue weighted by Crippen LogP contribution is 2.44. The van der Waals surface area contributed by atoms with Gasteiger partial charge in [-0.15, -0.1) is 11.3 Å². The fourth-order valence-electron chi connectivity index (χ4n) is 6.79. The minimum atomic E-state index is 0.684. The lowest BCUT2D eigenvalue weighted by Gasteiger charge is -2.08. The zero-order chi connectivity index (χ0) is 29.5. The molecular formula is C40H23N3OS. The first-order chi connectivity index (χ1) is 22.3. The van der Waals surface area contributed by atoms with Gasteiger partial charge in [0.25, 0.3) is 0 Å². The number of rotatable bonds is 3. The number of fused-ring (bicyclic) bond motifs is 10. The monoisotopic (exact) mass is 593 g/mol. The van der Waals surface area contributed by atoms with Gasteiger partial charge in [-0.1, -0.05) is 103 Å². The van der Waals surface area contributed by atoms with Gasteiger partial charge in [0.05, 0.1) is 11.0 Å². The van der Waals surface area contributed by atoms with Crippen LogP contribution >= 0.6 is 11.3 Å². The number of furan rings is 1. The van der Waals surface area contributed by atoms with Crippen LogP contribution < -0.4 is 0 Å². The molecule has 0 spiro atoms. The van der Waals surface area contributed by atoms with Crippen molar-refractivity contribution in [3.8, 4) is 28.3 Å². The summed E-state index contributed by atoms with van der Waals surface area (Å²) in [6, 6.07) is 48.8. The van der Waals surface area contributed by atoms with Gasteiger partial charge in [-0.25, -0.2) is 9.97 Å². The van der Waals surface area contributed by atoms with Crippen molar-refractivity contribution in [2.45, 2.75) is 0 Å². The first-order valence-electron chi connectivity index (χ1n) is 15.0. The summed E-state index contributed by atoms with van der Waals surface area (Å²) < 4.78 is 11.7. The topological polar surface area (TPSA) is 43.9 Å². The van der Waals surface area contributed by atoms with Crippen molar-refractivity contribution in [3.05, 3.63) is 140 Å². The lowest BCUT2D eigenvalue weighted by atomic mass is 10.1. The fourth-order valence-corrected chi connectivity index (χ4v) is 8.05. The average Bonchev–Trinajstić information content (AvgIpc) is 3.77. The number of benzene rings is 6. The third-order valence-electron chi connectivity index (χ3n) is 8.82. The van der Waals surface area contributed by atoms with Gasteiger partial charge >= 0.3 is 0 Å². The minimum absolute atomic E-state index is 0.684. The SMILES string of the molecule is c1ccc(-c2nc(-c3ccccc3)c3oc4cc(-n5c6ccccc6c6c7sc8ccccc8c7ccc65)ccc4c3n2)cc1. The van der Waals surface area contributed by atoms with Crippen molar-refractivity contribution >= 4 is 75.4 Å². The normalized spacial score (nSPS) is 12.0. The number of hydrogen-bond donors (Lipinski definition) is 0. The van der Waals surface area contributed by atoms with Gasteiger partial charge in [-0.2, -0.15) is 0 Å². The van der Waals surface area contributed by atoms with Crippen molar-refractivity contribution in [3.63, 3.8) is 0 Å². The Balaban J connectivity index is 1.25. The molecule has 0 aliphatic carbocycles. The van der Waals surface area contributed by atoms with Crippen molar-refractivity contribution in [1.29, 1.82) is 0 Å². The molecule has 10 aromatic rings. The largest absolute Gasteiger partial charge is 0.452 e. The molecule has 6 aromatic carbocycles. The van der Waals surface area contributed by atoms with Crippen LogP contribution in [0.2, 0.25) is 0 Å². The Labute approximate surface area is 261 Å². The maximum Gasteiger partial charge on any atom is 0.180 e. The molecule has 4 aromatic heterocycles. The predicted molar refractivity (Wildman–Crippen MR) is 187 cm³/mol. The highest BCUT2D eigenvalue weighted by molar-refractivity contribution is 7.26. The van der Waals surface area contributed by atoms with E-state index in [1.165, 1.54) is 42.0 Å². The molecule has 0 aliphatic heterocycles. The van der Waals surface area contributed by atoms with Crippen LogP contribution in [0.1, 0.15) is 0 Å². The van der Waals surface area contributed by atoms with E-state index in [2.05, 4.69) is 95.6 Å². The molecule has 0 saturated heterocycles. The van der Waals surface area contributed by atoms with Crippen LogP contribution in [-0.2, 0) is 0 Å². The van der Waals surface area contributed by atoms with E-state index in [9.17, 15) is 0 Å². The molecule has 0 saturated carbocycles. The molecular weight excluding hydrogens is 571 g/mol. The van der Waals surface area contributed by atoms with E-state index in [-0.39, 0.29) is 0 Å². The number of hydrogen-bond acceptors (Lipinski definition) is 4. The first kappa shape index (κ1) is 24.6. The maximum atomic E-state index is 6.67. The molecule has 10 rings (SSSR count). The van der Waals surface area contributed by atoms with Crippen molar-refractivity contribution < 1.29 is 4.42 Å². The lowest BCUT2D eigenvalue weighted by molar-refractivity contribution is 0.667. The maximum absolute atomic E-state index is 6.67. The smallest absolute Gasteiger partial charge is 0.180 e. The van der Waals surface area contributed by atoms with Crippen LogP contribution in [0.25, 0.3) is 92.4 Å². The van der Waals surface area contributed by atoms with Gasteiger partial charge in [0.1, 0.15) is 16.8 Å². The van der Waals surface area contributed by atoms with Crippen molar-refractivity contribution in [2.24, 2.45) is 0 Å². The summed E-state index contributed by atoms with van der Waals surface area (Å²) in [5.74, 6) is 0.684. The Kier molecular flexibility index (Phi) is 5.12. The van der Waals surface area contributed by atoms with Crippen LogP contribution in [0, 0.1) is 0 Å². The number of aromatic nitrogens is 3. The number of thiophene rings is 1. The molecule has 0 aliphatic rings. The van der Waals surface area contributed by atoms with E-state index in [1.807, 2.05) is 59.9 Å². The Bertz CT molecular complexity index is 2760. The first-order valence-corrected chi connectivity index (χ1v) is 15.8. The lowest BCUT2D eigenvalue weighted by Crippen LogP contribution is -1.94. The van der Waals surface area contributed by atoms with Gasteiger partial charge in [0, 0.05) is 59.2 Å². The molecule has 0 bridgehead atoms. The van der Waals surface area contributed by atoms with Gasteiger partial charge in [-0.05, 0) is 30.3 Å². The highest BCUT2D eigenvalue weighted by atomic mass is 32.1. The van der Waals surface area contributed by atoms with Gasteiger partial charge in [-0.3, -0.25) is 0 Å². The molecule has 0 radical (unpaired) electrons. The van der Waals surface area contributed by atoms with Crippen LogP contribution in [0.4, 0.5) is 0 Å². The number of nitrogens with zero attached hydrogens (tertiary/aromatic N) is 3. The highest BCUT2D eigenvalue weighted by Gasteiger charge is 2.21. The van der Waals surface area contributed by atoms with Gasteiger partial charge in [0.15, 0.2) is 11.4 Å². The third-order valence-corrected chi connectivity index (χ3v) is 10.0. The molecule has 210 valence electrons. The summed E-state index contributed by atoms with van der Waals surface area (Å²) >= 11 is 1.87. The summed E-state index contributed by atoms with van der Waals surface area (Å²) in [5, 5.41) is 6.13. The predicted octanol–water partition coefficient (Wildman–Crippen LogP) is 11.2. The fraction of sp³-hybridized carbons (Fsp3) is 0. The standard InChI is InChI=1S/C40H23N3OS/c1-3-11-24(12-4-1)36-38-37(42-40(41-36)25-13-5-2-6-14-25)30-20-19-26(23-33(30)44-38)43-31-17-9-7-16-29(31)35-32(43)22-21-28-27-15-8-10-18-34(27)45-39(28)35/h1-23H. The minimum Gasteiger partial charge on any atom is -0.452 e. The molecule has 0 fully saturated rings. The summed E-state index contributed by atoms with van der Waals surface area (Å²) in [6.07, 6.45) is 0. The Hall–Kier alpha value is -5.78. The quantitative estimate of drug-likeness (QED) is 0.205. The zero-order valence-corrected chi connectivity index (χ0v) is 24.8. The van der Waals surface area contributed by atoms with E-state index in [1.54, 1.807) is 0 Å². The van der Waals surface area contributed by atoms with Crippen LogP contribution in [0.15, 0.2) is 144 Å². The Morgan fingerprint density at radius 1 is 0.556 bits per heavy atom. The second-order valence-electron chi connectivity index (χ2n) is 11.4. The Morgan fingerprint density at radius 2 is 1.27 bits per heavy atom. The van der Waals surface area contributed by atoms with E-state index in [4.69, 9.17) is 14.4 Å². The second kappa shape index (κ2) is 9.36. The molecule has 0 atom stereocenters. The van der Waals surface area contributed by atoms with Gasteiger partial charge < -0.3 is 8.98 Å². The van der Waals surface area contributed by atoms with Crippen molar-refractivity contribution in [2.75, 3.05) is 0 Å². The third kappa shape index (κ3) is 3.59. The average molecular weight is 594 g/mol. The number of para-hydroxylation sites is 1. The summed E-state index contributed by atoms with van der Waals surface area (Å²) in [4.78, 5) is 10.1. The molecule has 0 N–H and O–H groups in total.